The number of benzene rings is 1. The predicted octanol–water partition coefficient (Wildman–Crippen LogP) is 3.30. The van der Waals surface area contributed by atoms with Crippen LogP contribution in [0.3, 0.4) is 0 Å². The van der Waals surface area contributed by atoms with Crippen LogP contribution in [0.4, 0.5) is 8.78 Å². The number of hydrogen-bond donors (Lipinski definition) is 1. The quantitative estimate of drug-likeness (QED) is 0.551. The summed E-state index contributed by atoms with van der Waals surface area (Å²) in [6.07, 6.45) is 5.75. The van der Waals surface area contributed by atoms with Crippen molar-refractivity contribution in [2.24, 2.45) is 0 Å². The molecule has 6 nitrogen and oxygen atoms in total. The predicted molar refractivity (Wildman–Crippen MR) is 94.6 cm³/mol. The first-order valence-corrected chi connectivity index (χ1v) is 8.71. The standard InChI is InChI=1S/C19H23F2NO5/c1-12(18(24)22-14-5-3-4-6-14)26-17(23)10-8-13-7-9-15(27-19(20)21)16(11-13)25-2/h7-12,14,19H,3-6H2,1-2H3,(H,22,24)/b10-8+. The van der Waals surface area contributed by atoms with Gasteiger partial charge < -0.3 is 19.5 Å². The zero-order valence-corrected chi connectivity index (χ0v) is 15.2. The summed E-state index contributed by atoms with van der Waals surface area (Å²) >= 11 is 0. The Morgan fingerprint density at radius 1 is 1.22 bits per heavy atom. The van der Waals surface area contributed by atoms with Crippen LogP contribution in [-0.4, -0.2) is 37.7 Å². The topological polar surface area (TPSA) is 73.9 Å². The van der Waals surface area contributed by atoms with Crippen molar-refractivity contribution in [3.05, 3.63) is 29.8 Å². The normalized spacial score (nSPS) is 15.7. The van der Waals surface area contributed by atoms with E-state index < -0.39 is 18.7 Å². The fourth-order valence-corrected chi connectivity index (χ4v) is 2.80. The van der Waals surface area contributed by atoms with Gasteiger partial charge in [-0.25, -0.2) is 4.79 Å². The van der Waals surface area contributed by atoms with Gasteiger partial charge in [0.05, 0.1) is 7.11 Å². The molecule has 1 fully saturated rings. The van der Waals surface area contributed by atoms with E-state index in [-0.39, 0.29) is 23.4 Å². The molecule has 1 aliphatic rings. The summed E-state index contributed by atoms with van der Waals surface area (Å²) < 4.78 is 39.0. The lowest BCUT2D eigenvalue weighted by molar-refractivity contribution is -0.150. The van der Waals surface area contributed by atoms with E-state index in [0.29, 0.717) is 5.56 Å². The molecule has 27 heavy (non-hydrogen) atoms. The molecule has 0 bridgehead atoms. The number of esters is 1. The van der Waals surface area contributed by atoms with Crippen LogP contribution in [0.5, 0.6) is 11.5 Å². The van der Waals surface area contributed by atoms with E-state index >= 15 is 0 Å². The van der Waals surface area contributed by atoms with Gasteiger partial charge in [0.1, 0.15) is 0 Å². The Balaban J connectivity index is 1.90. The largest absolute Gasteiger partial charge is 0.493 e. The highest BCUT2D eigenvalue weighted by atomic mass is 19.3. The van der Waals surface area contributed by atoms with Crippen LogP contribution < -0.4 is 14.8 Å². The zero-order chi connectivity index (χ0) is 19.8. The number of amides is 1. The molecule has 0 saturated heterocycles. The van der Waals surface area contributed by atoms with Gasteiger partial charge in [-0.2, -0.15) is 8.78 Å². The lowest BCUT2D eigenvalue weighted by atomic mass is 10.2. The Morgan fingerprint density at radius 2 is 1.93 bits per heavy atom. The second-order valence-electron chi connectivity index (χ2n) is 6.19. The Morgan fingerprint density at radius 3 is 2.56 bits per heavy atom. The first-order valence-electron chi connectivity index (χ1n) is 8.71. The van der Waals surface area contributed by atoms with Crippen molar-refractivity contribution in [1.82, 2.24) is 5.32 Å². The number of carbonyl (C=O) groups excluding carboxylic acids is 2. The molecular formula is C19H23F2NO5. The van der Waals surface area contributed by atoms with Gasteiger partial charge in [-0.3, -0.25) is 4.79 Å². The fourth-order valence-electron chi connectivity index (χ4n) is 2.80. The third-order valence-electron chi connectivity index (χ3n) is 4.18. The number of hydrogen-bond acceptors (Lipinski definition) is 5. The Hall–Kier alpha value is -2.64. The van der Waals surface area contributed by atoms with E-state index in [1.807, 2.05) is 0 Å². The molecule has 1 aliphatic carbocycles. The van der Waals surface area contributed by atoms with Crippen LogP contribution in [0.15, 0.2) is 24.3 Å². The number of rotatable bonds is 8. The van der Waals surface area contributed by atoms with E-state index in [2.05, 4.69) is 10.1 Å². The number of halogens is 2. The molecule has 1 N–H and O–H groups in total. The molecule has 1 aromatic carbocycles. The van der Waals surface area contributed by atoms with Crippen LogP contribution in [0.2, 0.25) is 0 Å². The molecule has 0 spiro atoms. The Bertz CT molecular complexity index is 687. The van der Waals surface area contributed by atoms with Crippen LogP contribution >= 0.6 is 0 Å². The number of carbonyl (C=O) groups is 2. The molecule has 1 aromatic rings. The van der Waals surface area contributed by atoms with Crippen molar-refractivity contribution >= 4 is 18.0 Å². The monoisotopic (exact) mass is 383 g/mol. The van der Waals surface area contributed by atoms with Gasteiger partial charge in [-0.1, -0.05) is 18.9 Å². The highest BCUT2D eigenvalue weighted by Gasteiger charge is 2.22. The van der Waals surface area contributed by atoms with E-state index in [0.717, 1.165) is 31.8 Å². The fraction of sp³-hybridized carbons (Fsp3) is 0.474. The second-order valence-corrected chi connectivity index (χ2v) is 6.19. The molecule has 0 aromatic heterocycles. The van der Waals surface area contributed by atoms with Gasteiger partial charge in [0.25, 0.3) is 5.91 Å². The Kier molecular flexibility index (Phi) is 7.57. The maximum Gasteiger partial charge on any atom is 0.387 e. The summed E-state index contributed by atoms with van der Waals surface area (Å²) in [7, 11) is 1.32. The van der Waals surface area contributed by atoms with Crippen molar-refractivity contribution < 1.29 is 32.6 Å². The summed E-state index contributed by atoms with van der Waals surface area (Å²) in [5.41, 5.74) is 0.522. The lowest BCUT2D eigenvalue weighted by Gasteiger charge is -2.16. The van der Waals surface area contributed by atoms with Gasteiger partial charge in [-0.15, -0.1) is 0 Å². The smallest absolute Gasteiger partial charge is 0.387 e. The zero-order valence-electron chi connectivity index (χ0n) is 15.2. The van der Waals surface area contributed by atoms with E-state index in [1.54, 1.807) is 0 Å². The van der Waals surface area contributed by atoms with Gasteiger partial charge >= 0.3 is 12.6 Å². The molecule has 1 amide bonds. The van der Waals surface area contributed by atoms with Crippen molar-refractivity contribution in [3.63, 3.8) is 0 Å². The third kappa shape index (κ3) is 6.54. The number of alkyl halides is 2. The van der Waals surface area contributed by atoms with E-state index in [4.69, 9.17) is 9.47 Å². The minimum Gasteiger partial charge on any atom is -0.493 e. The molecule has 1 saturated carbocycles. The van der Waals surface area contributed by atoms with Gasteiger partial charge in [0.2, 0.25) is 0 Å². The minimum absolute atomic E-state index is 0.107. The van der Waals surface area contributed by atoms with Crippen LogP contribution in [0, 0.1) is 0 Å². The average Bonchev–Trinajstić information content (AvgIpc) is 3.13. The van der Waals surface area contributed by atoms with Crippen LogP contribution in [0.25, 0.3) is 6.08 Å². The molecular weight excluding hydrogens is 360 g/mol. The molecule has 148 valence electrons. The van der Waals surface area contributed by atoms with E-state index in [1.165, 1.54) is 38.3 Å². The summed E-state index contributed by atoms with van der Waals surface area (Å²) in [6, 6.07) is 4.39. The summed E-state index contributed by atoms with van der Waals surface area (Å²) in [4.78, 5) is 23.9. The van der Waals surface area contributed by atoms with Crippen molar-refractivity contribution in [1.29, 1.82) is 0 Å². The average molecular weight is 383 g/mol. The first kappa shape index (κ1) is 20.7. The van der Waals surface area contributed by atoms with Crippen molar-refractivity contribution in [3.8, 4) is 11.5 Å². The van der Waals surface area contributed by atoms with Gasteiger partial charge in [0.15, 0.2) is 17.6 Å². The first-order chi connectivity index (χ1) is 12.9. The molecule has 2 rings (SSSR count). The van der Waals surface area contributed by atoms with Crippen LogP contribution in [0.1, 0.15) is 38.2 Å². The molecule has 0 heterocycles. The Labute approximate surface area is 156 Å². The molecule has 1 unspecified atom stereocenters. The number of ether oxygens (including phenoxy) is 3. The molecule has 1 atom stereocenters. The van der Waals surface area contributed by atoms with Gasteiger partial charge in [0, 0.05) is 12.1 Å². The highest BCUT2D eigenvalue weighted by molar-refractivity contribution is 5.90. The van der Waals surface area contributed by atoms with Crippen molar-refractivity contribution in [2.45, 2.75) is 51.4 Å². The third-order valence-corrected chi connectivity index (χ3v) is 4.18. The summed E-state index contributed by atoms with van der Waals surface area (Å²) in [5, 5.41) is 2.86. The molecule has 0 radical (unpaired) electrons. The lowest BCUT2D eigenvalue weighted by Crippen LogP contribution is -2.40. The van der Waals surface area contributed by atoms with Crippen molar-refractivity contribution in [2.75, 3.05) is 7.11 Å². The number of methoxy groups -OCH3 is 1. The maximum absolute atomic E-state index is 12.3. The minimum atomic E-state index is -2.97. The van der Waals surface area contributed by atoms with E-state index in [9.17, 15) is 18.4 Å². The summed E-state index contributed by atoms with van der Waals surface area (Å²) in [6.45, 7) is -1.46. The highest BCUT2D eigenvalue weighted by Crippen LogP contribution is 2.29. The SMILES string of the molecule is COc1cc(/C=C/C(=O)OC(C)C(=O)NC2CCCC2)ccc1OC(F)F. The summed E-state index contributed by atoms with van der Waals surface area (Å²) in [5.74, 6) is -1.01. The maximum atomic E-state index is 12.3. The van der Waals surface area contributed by atoms with Crippen LogP contribution in [-0.2, 0) is 14.3 Å². The van der Waals surface area contributed by atoms with Gasteiger partial charge in [-0.05, 0) is 43.5 Å². The number of nitrogens with one attached hydrogen (secondary N) is 1. The molecule has 8 heteroatoms. The second kappa shape index (κ2) is 9.89. The molecule has 0 aliphatic heterocycles.